The Kier molecular flexibility index (Phi) is 6.27. The lowest BCUT2D eigenvalue weighted by Crippen LogP contribution is -2.41. The van der Waals surface area contributed by atoms with E-state index in [1.54, 1.807) is 0 Å². The zero-order chi connectivity index (χ0) is 17.2. The predicted molar refractivity (Wildman–Crippen MR) is 106 cm³/mol. The molecule has 1 unspecified atom stereocenters. The molecule has 0 radical (unpaired) electrons. The average Bonchev–Trinajstić information content (AvgIpc) is 2.56. The first-order valence-electron chi connectivity index (χ1n) is 8.02. The van der Waals surface area contributed by atoms with Gasteiger partial charge < -0.3 is 5.32 Å². The highest BCUT2D eigenvalue weighted by Gasteiger charge is 2.39. The average molecular weight is 379 g/mol. The van der Waals surface area contributed by atoms with Crippen molar-refractivity contribution >= 4 is 33.8 Å². The van der Waals surface area contributed by atoms with E-state index in [-0.39, 0.29) is 12.4 Å². The summed E-state index contributed by atoms with van der Waals surface area (Å²) in [6, 6.07) is 17.0. The van der Waals surface area contributed by atoms with Gasteiger partial charge in [-0.1, -0.05) is 48.6 Å². The third-order valence-electron chi connectivity index (χ3n) is 4.27. The van der Waals surface area contributed by atoms with Crippen LogP contribution in [0.3, 0.4) is 0 Å². The highest BCUT2D eigenvalue weighted by Crippen LogP contribution is 2.39. The Labute approximate surface area is 156 Å². The first-order valence-corrected chi connectivity index (χ1v) is 9.52. The second-order valence-corrected chi connectivity index (χ2v) is 8.15. The number of nitrogens with one attached hydrogen (secondary N) is 1. The van der Waals surface area contributed by atoms with Crippen molar-refractivity contribution in [2.24, 2.45) is 0 Å². The fourth-order valence-electron chi connectivity index (χ4n) is 3.19. The van der Waals surface area contributed by atoms with Crippen LogP contribution in [0.5, 0.6) is 0 Å². The molecule has 0 spiro atoms. The molecule has 1 N–H and O–H groups in total. The second kappa shape index (κ2) is 8.04. The highest BCUT2D eigenvalue weighted by molar-refractivity contribution is 7.93. The van der Waals surface area contributed by atoms with Gasteiger partial charge in [-0.2, -0.15) is 0 Å². The summed E-state index contributed by atoms with van der Waals surface area (Å²) in [7, 11) is -1.66. The van der Waals surface area contributed by atoms with Crippen molar-refractivity contribution in [2.75, 3.05) is 17.9 Å². The molecule has 2 aromatic carbocycles. The molecule has 0 fully saturated rings. The van der Waals surface area contributed by atoms with Gasteiger partial charge in [0, 0.05) is 6.54 Å². The predicted octanol–water partition coefficient (Wildman–Crippen LogP) is 3.67. The van der Waals surface area contributed by atoms with Crippen molar-refractivity contribution in [3.8, 4) is 0 Å². The fraction of sp³-hybridized carbons (Fsp3) is 0.263. The number of likely N-dealkylation sites (N-methyl/N-ethyl adjacent to an activating group) is 1. The Morgan fingerprint density at radius 2 is 1.80 bits per heavy atom. The Morgan fingerprint density at radius 1 is 1.16 bits per heavy atom. The molecule has 2 aromatic rings. The molecule has 6 heteroatoms. The number of benzene rings is 2. The number of hydrogen-bond donors (Lipinski definition) is 1. The third kappa shape index (κ3) is 3.89. The molecule has 25 heavy (non-hydrogen) atoms. The third-order valence-corrected chi connectivity index (χ3v) is 6.36. The summed E-state index contributed by atoms with van der Waals surface area (Å²) in [5, 5.41) is 2.55. The second-order valence-electron chi connectivity index (χ2n) is 6.08. The van der Waals surface area contributed by atoms with Crippen molar-refractivity contribution in [1.29, 1.82) is 0 Å². The number of sulfonamides is 1. The Balaban J connectivity index is 0.00000225. The lowest BCUT2D eigenvalue weighted by molar-refractivity contribution is 0.570. The molecular weight excluding hydrogens is 356 g/mol. The topological polar surface area (TPSA) is 49.4 Å². The quantitative estimate of drug-likeness (QED) is 0.807. The maximum Gasteiger partial charge on any atom is 0.243 e. The monoisotopic (exact) mass is 378 g/mol. The zero-order valence-electron chi connectivity index (χ0n) is 14.2. The van der Waals surface area contributed by atoms with Crippen LogP contribution >= 0.6 is 12.4 Å². The lowest BCUT2D eigenvalue weighted by Gasteiger charge is -2.35. The summed E-state index contributed by atoms with van der Waals surface area (Å²) >= 11 is 0. The van der Waals surface area contributed by atoms with Crippen LogP contribution in [0.2, 0.25) is 0 Å². The summed E-state index contributed by atoms with van der Waals surface area (Å²) in [6.45, 7) is 4.64. The molecule has 3 rings (SSSR count). The van der Waals surface area contributed by atoms with E-state index in [4.69, 9.17) is 0 Å². The van der Waals surface area contributed by atoms with Crippen molar-refractivity contribution in [3.05, 3.63) is 72.3 Å². The lowest BCUT2D eigenvalue weighted by atomic mass is 10.0. The molecule has 1 aliphatic rings. The van der Waals surface area contributed by atoms with E-state index in [1.807, 2.05) is 61.6 Å². The molecule has 0 amide bonds. The molecule has 0 saturated carbocycles. The Hall–Kier alpha value is -1.82. The molecule has 1 aliphatic heterocycles. The minimum absolute atomic E-state index is 0. The van der Waals surface area contributed by atoms with Crippen LogP contribution in [0.15, 0.2) is 66.7 Å². The van der Waals surface area contributed by atoms with Gasteiger partial charge in [-0.3, -0.25) is 0 Å². The van der Waals surface area contributed by atoms with Gasteiger partial charge in [-0.05, 0) is 43.7 Å². The van der Waals surface area contributed by atoms with Crippen LogP contribution in [0, 0.1) is 0 Å². The highest BCUT2D eigenvalue weighted by atomic mass is 35.5. The van der Waals surface area contributed by atoms with Gasteiger partial charge in [0.25, 0.3) is 0 Å². The normalized spacial score (nSPS) is 18.1. The molecular formula is C19H23ClN2O2S. The number of halogens is 1. The van der Waals surface area contributed by atoms with Gasteiger partial charge in [-0.25, -0.2) is 12.7 Å². The molecule has 0 aliphatic carbocycles. The molecule has 0 bridgehead atoms. The Morgan fingerprint density at radius 3 is 2.48 bits per heavy atom. The minimum Gasteiger partial charge on any atom is -0.316 e. The van der Waals surface area contributed by atoms with E-state index in [9.17, 15) is 8.42 Å². The molecule has 1 atom stereocenters. The Bertz CT molecular complexity index is 838. The SMILES string of the molecule is C=C(CNC)CC1Cc2ccccc2N(c2ccccc2)S1(=O)=O.Cl. The van der Waals surface area contributed by atoms with Crippen LogP contribution in [0.4, 0.5) is 11.4 Å². The van der Waals surface area contributed by atoms with Crippen molar-refractivity contribution in [2.45, 2.75) is 18.1 Å². The smallest absolute Gasteiger partial charge is 0.243 e. The fourth-order valence-corrected chi connectivity index (χ4v) is 5.19. The van der Waals surface area contributed by atoms with Crippen LogP contribution in [-0.2, 0) is 16.4 Å². The number of hydrogen-bond acceptors (Lipinski definition) is 3. The van der Waals surface area contributed by atoms with E-state index in [0.717, 1.165) is 16.8 Å². The van der Waals surface area contributed by atoms with Crippen LogP contribution in [0.25, 0.3) is 0 Å². The van der Waals surface area contributed by atoms with E-state index in [1.165, 1.54) is 4.31 Å². The number of fused-ring (bicyclic) bond motifs is 1. The first-order chi connectivity index (χ1) is 11.5. The number of rotatable bonds is 5. The molecule has 1 heterocycles. The number of anilines is 2. The summed E-state index contributed by atoms with van der Waals surface area (Å²) in [6.07, 6.45) is 0.978. The van der Waals surface area contributed by atoms with Gasteiger partial charge in [0.15, 0.2) is 0 Å². The standard InChI is InChI=1S/C19H22N2O2S.ClH/c1-15(14-20-2)12-18-13-16-8-6-7-11-19(16)21(24(18,22)23)17-9-4-3-5-10-17;/h3-11,18,20H,1,12-14H2,2H3;1H. The van der Waals surface area contributed by atoms with Crippen LogP contribution in [-0.4, -0.2) is 27.3 Å². The van der Waals surface area contributed by atoms with E-state index in [2.05, 4.69) is 11.9 Å². The number of nitrogens with zero attached hydrogens (tertiary/aromatic N) is 1. The van der Waals surface area contributed by atoms with Crippen molar-refractivity contribution in [1.82, 2.24) is 5.32 Å². The van der Waals surface area contributed by atoms with E-state index in [0.29, 0.717) is 25.1 Å². The van der Waals surface area contributed by atoms with Gasteiger partial charge >= 0.3 is 0 Å². The molecule has 134 valence electrons. The largest absolute Gasteiger partial charge is 0.316 e. The zero-order valence-corrected chi connectivity index (χ0v) is 15.8. The van der Waals surface area contributed by atoms with Gasteiger partial charge in [0.2, 0.25) is 10.0 Å². The summed E-state index contributed by atoms with van der Waals surface area (Å²) < 4.78 is 28.0. The molecule has 0 aromatic heterocycles. The maximum atomic E-state index is 13.3. The molecule has 0 saturated heterocycles. The van der Waals surface area contributed by atoms with Crippen molar-refractivity contribution < 1.29 is 8.42 Å². The van der Waals surface area contributed by atoms with Crippen LogP contribution in [0.1, 0.15) is 12.0 Å². The van der Waals surface area contributed by atoms with Gasteiger partial charge in [-0.15, -0.1) is 12.4 Å². The van der Waals surface area contributed by atoms with Crippen molar-refractivity contribution in [3.63, 3.8) is 0 Å². The summed E-state index contributed by atoms with van der Waals surface area (Å²) in [5.74, 6) is 0. The van der Waals surface area contributed by atoms with E-state index < -0.39 is 15.3 Å². The maximum absolute atomic E-state index is 13.3. The van der Waals surface area contributed by atoms with Gasteiger partial charge in [0.05, 0.1) is 16.6 Å². The first kappa shape index (κ1) is 19.5. The van der Waals surface area contributed by atoms with E-state index >= 15 is 0 Å². The summed E-state index contributed by atoms with van der Waals surface area (Å²) in [4.78, 5) is 0. The number of para-hydroxylation sites is 2. The minimum atomic E-state index is -3.50. The van der Waals surface area contributed by atoms with Gasteiger partial charge in [0.1, 0.15) is 0 Å². The summed E-state index contributed by atoms with van der Waals surface area (Å²) in [5.41, 5.74) is 3.38. The van der Waals surface area contributed by atoms with Crippen LogP contribution < -0.4 is 9.62 Å². The molecule has 4 nitrogen and oxygen atoms in total.